The number of ether oxygens (including phenoxy) is 1. The fourth-order valence-electron chi connectivity index (χ4n) is 1.90. The number of hydrogen-bond donors (Lipinski definition) is 2. The van der Waals surface area contributed by atoms with Crippen molar-refractivity contribution >= 4 is 0 Å². The van der Waals surface area contributed by atoms with Crippen LogP contribution in [-0.2, 0) is 7.05 Å². The predicted octanol–water partition coefficient (Wildman–Crippen LogP) is 1.20. The minimum absolute atomic E-state index is 0.453. The summed E-state index contributed by atoms with van der Waals surface area (Å²) in [7, 11) is 3.20. The van der Waals surface area contributed by atoms with Crippen LogP contribution >= 0.6 is 0 Å². The first kappa shape index (κ1) is 12.6. The van der Waals surface area contributed by atoms with Gasteiger partial charge in [-0.15, -0.1) is 0 Å². The molecule has 0 bridgehead atoms. The van der Waals surface area contributed by atoms with E-state index in [1.54, 1.807) is 19.2 Å². The average molecular weight is 248 g/mol. The standard InChI is InChI=1S/C13H16N2O3/c1-15-11(10(18-2)8-14-15)13(17)12(16)9-6-4-3-5-7-9/h3-8,12-13,16-17H,1-2H3. The monoisotopic (exact) mass is 248 g/mol. The molecule has 0 aliphatic carbocycles. The first-order chi connectivity index (χ1) is 8.65. The molecule has 0 saturated heterocycles. The van der Waals surface area contributed by atoms with E-state index in [0.29, 0.717) is 17.0 Å². The van der Waals surface area contributed by atoms with Crippen LogP contribution in [-0.4, -0.2) is 27.1 Å². The Hall–Kier alpha value is -1.85. The van der Waals surface area contributed by atoms with Gasteiger partial charge < -0.3 is 14.9 Å². The molecule has 1 aromatic heterocycles. The van der Waals surface area contributed by atoms with Crippen LogP contribution in [0, 0.1) is 0 Å². The molecule has 0 amide bonds. The summed E-state index contributed by atoms with van der Waals surface area (Å²) >= 11 is 0. The molecule has 2 atom stereocenters. The number of nitrogens with zero attached hydrogens (tertiary/aromatic N) is 2. The first-order valence-corrected chi connectivity index (χ1v) is 5.62. The highest BCUT2D eigenvalue weighted by Gasteiger charge is 2.26. The number of aliphatic hydroxyl groups excluding tert-OH is 2. The van der Waals surface area contributed by atoms with Gasteiger partial charge in [0.15, 0.2) is 5.75 Å². The van der Waals surface area contributed by atoms with E-state index < -0.39 is 12.2 Å². The molecule has 96 valence electrons. The minimum atomic E-state index is -1.09. The summed E-state index contributed by atoms with van der Waals surface area (Å²) in [5, 5.41) is 24.4. The highest BCUT2D eigenvalue weighted by molar-refractivity contribution is 5.30. The lowest BCUT2D eigenvalue weighted by atomic mass is 10.0. The third kappa shape index (κ3) is 2.23. The maximum Gasteiger partial charge on any atom is 0.162 e. The van der Waals surface area contributed by atoms with Crippen molar-refractivity contribution in [2.75, 3.05) is 7.11 Å². The summed E-state index contributed by atoms with van der Waals surface area (Å²) in [5.74, 6) is 0.458. The zero-order chi connectivity index (χ0) is 13.1. The van der Waals surface area contributed by atoms with E-state index in [9.17, 15) is 10.2 Å². The average Bonchev–Trinajstić information content (AvgIpc) is 2.79. The Balaban J connectivity index is 2.31. The van der Waals surface area contributed by atoms with Gasteiger partial charge in [0.2, 0.25) is 0 Å². The minimum Gasteiger partial charge on any atom is -0.493 e. The van der Waals surface area contributed by atoms with Crippen LogP contribution in [0.5, 0.6) is 5.75 Å². The van der Waals surface area contributed by atoms with E-state index in [1.807, 2.05) is 18.2 Å². The molecule has 1 aromatic carbocycles. The van der Waals surface area contributed by atoms with Crippen LogP contribution < -0.4 is 4.74 Å². The number of aromatic nitrogens is 2. The molecular weight excluding hydrogens is 232 g/mol. The highest BCUT2D eigenvalue weighted by atomic mass is 16.5. The van der Waals surface area contributed by atoms with Crippen LogP contribution in [0.15, 0.2) is 36.5 Å². The summed E-state index contributed by atoms with van der Waals surface area (Å²) in [4.78, 5) is 0. The molecule has 0 radical (unpaired) electrons. The maximum atomic E-state index is 10.2. The normalized spacial score (nSPS) is 14.2. The van der Waals surface area contributed by atoms with Crippen molar-refractivity contribution in [3.63, 3.8) is 0 Å². The van der Waals surface area contributed by atoms with Crippen LogP contribution in [0.25, 0.3) is 0 Å². The van der Waals surface area contributed by atoms with Gasteiger partial charge >= 0.3 is 0 Å². The van der Waals surface area contributed by atoms with E-state index in [4.69, 9.17) is 4.74 Å². The lowest BCUT2D eigenvalue weighted by Gasteiger charge is -2.19. The molecule has 18 heavy (non-hydrogen) atoms. The number of rotatable bonds is 4. The fourth-order valence-corrected chi connectivity index (χ4v) is 1.90. The number of methoxy groups -OCH3 is 1. The Morgan fingerprint density at radius 3 is 2.44 bits per heavy atom. The second-order valence-corrected chi connectivity index (χ2v) is 4.02. The Morgan fingerprint density at radius 2 is 1.83 bits per heavy atom. The zero-order valence-corrected chi connectivity index (χ0v) is 10.3. The van der Waals surface area contributed by atoms with Crippen molar-refractivity contribution in [3.8, 4) is 5.75 Å². The largest absolute Gasteiger partial charge is 0.493 e. The van der Waals surface area contributed by atoms with Crippen molar-refractivity contribution in [3.05, 3.63) is 47.8 Å². The van der Waals surface area contributed by atoms with Crippen LogP contribution in [0.4, 0.5) is 0 Å². The molecule has 0 aliphatic rings. The molecule has 0 spiro atoms. The Morgan fingerprint density at radius 1 is 1.17 bits per heavy atom. The topological polar surface area (TPSA) is 67.5 Å². The van der Waals surface area contributed by atoms with Crippen molar-refractivity contribution in [1.29, 1.82) is 0 Å². The molecule has 1 heterocycles. The van der Waals surface area contributed by atoms with Gasteiger partial charge in [0.25, 0.3) is 0 Å². The highest BCUT2D eigenvalue weighted by Crippen LogP contribution is 2.33. The molecule has 2 aromatic rings. The van der Waals surface area contributed by atoms with E-state index in [-0.39, 0.29) is 0 Å². The molecular formula is C13H16N2O3. The smallest absolute Gasteiger partial charge is 0.162 e. The third-order valence-corrected chi connectivity index (χ3v) is 2.89. The van der Waals surface area contributed by atoms with Gasteiger partial charge in [-0.2, -0.15) is 5.10 Å². The van der Waals surface area contributed by atoms with Crippen LogP contribution in [0.1, 0.15) is 23.5 Å². The second kappa shape index (κ2) is 5.20. The van der Waals surface area contributed by atoms with Crippen molar-refractivity contribution in [2.24, 2.45) is 7.05 Å². The number of aryl methyl sites for hydroxylation is 1. The summed E-state index contributed by atoms with van der Waals surface area (Å²) < 4.78 is 6.61. The van der Waals surface area contributed by atoms with Gasteiger partial charge in [0.1, 0.15) is 17.9 Å². The second-order valence-electron chi connectivity index (χ2n) is 4.02. The first-order valence-electron chi connectivity index (χ1n) is 5.62. The van der Waals surface area contributed by atoms with Crippen molar-refractivity contribution in [2.45, 2.75) is 12.2 Å². The van der Waals surface area contributed by atoms with Crippen molar-refractivity contribution < 1.29 is 14.9 Å². The van der Waals surface area contributed by atoms with Gasteiger partial charge in [-0.3, -0.25) is 4.68 Å². The Bertz CT molecular complexity index is 510. The summed E-state index contributed by atoms with van der Waals surface area (Å²) in [6.07, 6.45) is -0.596. The molecule has 5 heteroatoms. The van der Waals surface area contributed by atoms with E-state index >= 15 is 0 Å². The van der Waals surface area contributed by atoms with Crippen LogP contribution in [0.2, 0.25) is 0 Å². The molecule has 0 saturated carbocycles. The van der Waals surface area contributed by atoms with Gasteiger partial charge in [0, 0.05) is 7.05 Å². The molecule has 5 nitrogen and oxygen atoms in total. The van der Waals surface area contributed by atoms with E-state index in [1.165, 1.54) is 18.0 Å². The molecule has 2 rings (SSSR count). The molecule has 0 fully saturated rings. The lowest BCUT2D eigenvalue weighted by Crippen LogP contribution is -2.14. The quantitative estimate of drug-likeness (QED) is 0.853. The number of hydrogen-bond acceptors (Lipinski definition) is 4. The SMILES string of the molecule is COc1cnn(C)c1C(O)C(O)c1ccccc1. The van der Waals surface area contributed by atoms with Gasteiger partial charge in [-0.25, -0.2) is 0 Å². The predicted molar refractivity (Wildman–Crippen MR) is 66.1 cm³/mol. The number of aliphatic hydroxyl groups is 2. The molecule has 2 N–H and O–H groups in total. The summed E-state index contributed by atoms with van der Waals surface area (Å²) in [6.45, 7) is 0. The zero-order valence-electron chi connectivity index (χ0n) is 10.3. The Labute approximate surface area is 105 Å². The maximum absolute atomic E-state index is 10.2. The molecule has 2 unspecified atom stereocenters. The number of benzene rings is 1. The fraction of sp³-hybridized carbons (Fsp3) is 0.308. The Kier molecular flexibility index (Phi) is 3.64. The van der Waals surface area contributed by atoms with Gasteiger partial charge in [0.05, 0.1) is 13.3 Å². The van der Waals surface area contributed by atoms with E-state index in [0.717, 1.165) is 0 Å². The van der Waals surface area contributed by atoms with E-state index in [2.05, 4.69) is 5.10 Å². The molecule has 0 aliphatic heterocycles. The summed E-state index contributed by atoms with van der Waals surface area (Å²) in [5.41, 5.74) is 1.10. The van der Waals surface area contributed by atoms with Crippen LogP contribution in [0.3, 0.4) is 0 Å². The van der Waals surface area contributed by atoms with Crippen molar-refractivity contribution in [1.82, 2.24) is 9.78 Å². The lowest BCUT2D eigenvalue weighted by molar-refractivity contribution is 0.0109. The van der Waals surface area contributed by atoms with Gasteiger partial charge in [-0.1, -0.05) is 30.3 Å². The summed E-state index contributed by atoms with van der Waals surface area (Å²) in [6, 6.07) is 9.00. The van der Waals surface area contributed by atoms with Gasteiger partial charge in [-0.05, 0) is 5.56 Å². The third-order valence-electron chi connectivity index (χ3n) is 2.89.